The van der Waals surface area contributed by atoms with Gasteiger partial charge in [-0.1, -0.05) is 6.92 Å². The lowest BCUT2D eigenvalue weighted by Crippen LogP contribution is -2.10. The summed E-state index contributed by atoms with van der Waals surface area (Å²) in [4.78, 5) is 18.0. The Morgan fingerprint density at radius 1 is 1.62 bits per heavy atom. The minimum atomic E-state index is -0.0559. The van der Waals surface area contributed by atoms with Crippen molar-refractivity contribution in [3.05, 3.63) is 27.9 Å². The molecule has 1 aromatic heterocycles. The number of thioether (sulfide) groups is 1. The molecule has 0 bridgehead atoms. The summed E-state index contributed by atoms with van der Waals surface area (Å²) in [5.41, 5.74) is 0.732. The number of nitrogens with zero attached hydrogens (tertiary/aromatic N) is 1. The van der Waals surface area contributed by atoms with Gasteiger partial charge in [-0.3, -0.25) is 4.79 Å². The van der Waals surface area contributed by atoms with E-state index in [-0.39, 0.29) is 5.56 Å². The molecular formula is C9H14N2OS. The smallest absolute Gasteiger partial charge is 0.251 e. The van der Waals surface area contributed by atoms with Crippen LogP contribution in [0.3, 0.4) is 0 Å². The lowest BCUT2D eigenvalue weighted by molar-refractivity contribution is 0.966. The molecule has 1 heterocycles. The largest absolute Gasteiger partial charge is 0.310 e. The number of rotatable bonds is 4. The third-order valence-corrected chi connectivity index (χ3v) is 2.68. The predicted molar refractivity (Wildman–Crippen MR) is 56.0 cm³/mol. The summed E-state index contributed by atoms with van der Waals surface area (Å²) < 4.78 is 0. The van der Waals surface area contributed by atoms with Crippen molar-refractivity contribution in [2.45, 2.75) is 26.0 Å². The molecule has 1 rings (SSSR count). The molecule has 0 aromatic carbocycles. The summed E-state index contributed by atoms with van der Waals surface area (Å²) in [6, 6.07) is 1.51. The molecule has 3 nitrogen and oxygen atoms in total. The highest BCUT2D eigenvalue weighted by Crippen LogP contribution is 2.07. The van der Waals surface area contributed by atoms with Crippen LogP contribution in [-0.4, -0.2) is 15.7 Å². The van der Waals surface area contributed by atoms with Crippen molar-refractivity contribution in [2.24, 2.45) is 0 Å². The van der Waals surface area contributed by atoms with Crippen molar-refractivity contribution in [1.29, 1.82) is 0 Å². The molecule has 0 saturated heterocycles. The van der Waals surface area contributed by atoms with Crippen LogP contribution in [0.1, 0.15) is 24.9 Å². The zero-order valence-corrected chi connectivity index (χ0v) is 8.78. The zero-order chi connectivity index (χ0) is 9.68. The molecule has 0 fully saturated rings. The number of hydrogen-bond acceptors (Lipinski definition) is 3. The fourth-order valence-corrected chi connectivity index (χ4v) is 1.79. The molecule has 13 heavy (non-hydrogen) atoms. The Balaban J connectivity index is 2.61. The Morgan fingerprint density at radius 3 is 3.00 bits per heavy atom. The number of H-pyrrole nitrogens is 1. The fourth-order valence-electron chi connectivity index (χ4n) is 1.02. The number of aromatic nitrogens is 2. The summed E-state index contributed by atoms with van der Waals surface area (Å²) in [5, 5.41) is 0. The summed E-state index contributed by atoms with van der Waals surface area (Å²) in [7, 11) is 0. The summed E-state index contributed by atoms with van der Waals surface area (Å²) in [6.45, 7) is 3.97. The predicted octanol–water partition coefficient (Wildman–Crippen LogP) is 1.72. The van der Waals surface area contributed by atoms with Gasteiger partial charge in [0.25, 0.3) is 5.56 Å². The number of aromatic amines is 1. The molecule has 0 aliphatic carbocycles. The van der Waals surface area contributed by atoms with Gasteiger partial charge in [0.1, 0.15) is 5.82 Å². The molecule has 1 N–H and O–H groups in total. The van der Waals surface area contributed by atoms with E-state index in [1.54, 1.807) is 11.8 Å². The Hall–Kier alpha value is -0.770. The maximum Gasteiger partial charge on any atom is 0.251 e. The molecule has 0 spiro atoms. The maximum absolute atomic E-state index is 11.0. The molecular weight excluding hydrogens is 184 g/mol. The molecule has 4 heteroatoms. The molecule has 0 atom stereocenters. The average Bonchev–Trinajstić information content (AvgIpc) is 2.03. The molecule has 0 amide bonds. The maximum atomic E-state index is 11.0. The van der Waals surface area contributed by atoms with E-state index in [9.17, 15) is 4.79 Å². The molecule has 72 valence electrons. The van der Waals surface area contributed by atoms with Gasteiger partial charge in [-0.05, 0) is 19.1 Å². The SMILES string of the molecule is CCCSCc1nc(C)cc(=O)[nH]1. The quantitative estimate of drug-likeness (QED) is 0.749. The Labute approximate surface area is 82.0 Å². The van der Waals surface area contributed by atoms with Crippen molar-refractivity contribution < 1.29 is 0 Å². The van der Waals surface area contributed by atoms with E-state index in [2.05, 4.69) is 16.9 Å². The fraction of sp³-hybridized carbons (Fsp3) is 0.556. The van der Waals surface area contributed by atoms with Gasteiger partial charge in [-0.25, -0.2) is 4.98 Å². The van der Waals surface area contributed by atoms with E-state index in [1.807, 2.05) is 6.92 Å². The van der Waals surface area contributed by atoms with E-state index in [0.717, 1.165) is 29.4 Å². The van der Waals surface area contributed by atoms with Gasteiger partial charge < -0.3 is 4.98 Å². The first-order chi connectivity index (χ1) is 6.22. The van der Waals surface area contributed by atoms with E-state index in [1.165, 1.54) is 6.07 Å². The van der Waals surface area contributed by atoms with Crippen LogP contribution < -0.4 is 5.56 Å². The van der Waals surface area contributed by atoms with Crippen molar-refractivity contribution in [2.75, 3.05) is 5.75 Å². The lowest BCUT2D eigenvalue weighted by Gasteiger charge is -2.00. The highest BCUT2D eigenvalue weighted by Gasteiger charge is 1.97. The third-order valence-electron chi connectivity index (χ3n) is 1.51. The molecule has 0 aliphatic heterocycles. The van der Waals surface area contributed by atoms with Crippen molar-refractivity contribution >= 4 is 11.8 Å². The van der Waals surface area contributed by atoms with Crippen LogP contribution in [0.5, 0.6) is 0 Å². The summed E-state index contributed by atoms with van der Waals surface area (Å²) >= 11 is 1.79. The molecule has 0 saturated carbocycles. The van der Waals surface area contributed by atoms with Gasteiger partial charge in [-0.2, -0.15) is 11.8 Å². The Kier molecular flexibility index (Phi) is 4.02. The van der Waals surface area contributed by atoms with Crippen LogP contribution in [0.25, 0.3) is 0 Å². The van der Waals surface area contributed by atoms with E-state index in [4.69, 9.17) is 0 Å². The molecule has 0 radical (unpaired) electrons. The molecule has 0 aliphatic rings. The normalized spacial score (nSPS) is 10.3. The summed E-state index contributed by atoms with van der Waals surface area (Å²) in [5.74, 6) is 2.69. The minimum absolute atomic E-state index is 0.0559. The first-order valence-corrected chi connectivity index (χ1v) is 5.52. The lowest BCUT2D eigenvalue weighted by atomic mass is 10.4. The second-order valence-electron chi connectivity index (χ2n) is 2.89. The number of nitrogens with one attached hydrogen (secondary N) is 1. The van der Waals surface area contributed by atoms with Crippen molar-refractivity contribution in [3.63, 3.8) is 0 Å². The van der Waals surface area contributed by atoms with E-state index >= 15 is 0 Å². The first kappa shape index (κ1) is 10.3. The molecule has 0 unspecified atom stereocenters. The number of hydrogen-bond donors (Lipinski definition) is 1. The minimum Gasteiger partial charge on any atom is -0.310 e. The Morgan fingerprint density at radius 2 is 2.38 bits per heavy atom. The van der Waals surface area contributed by atoms with Crippen LogP contribution in [0, 0.1) is 6.92 Å². The second kappa shape index (κ2) is 5.07. The van der Waals surface area contributed by atoms with Crippen LogP contribution >= 0.6 is 11.8 Å². The van der Waals surface area contributed by atoms with Gasteiger partial charge in [0, 0.05) is 11.8 Å². The van der Waals surface area contributed by atoms with E-state index in [0.29, 0.717) is 0 Å². The van der Waals surface area contributed by atoms with Gasteiger partial charge in [-0.15, -0.1) is 0 Å². The van der Waals surface area contributed by atoms with Crippen LogP contribution in [0.15, 0.2) is 10.9 Å². The van der Waals surface area contributed by atoms with Crippen LogP contribution in [-0.2, 0) is 5.75 Å². The average molecular weight is 198 g/mol. The van der Waals surface area contributed by atoms with Gasteiger partial charge in [0.2, 0.25) is 0 Å². The van der Waals surface area contributed by atoms with E-state index < -0.39 is 0 Å². The van der Waals surface area contributed by atoms with Gasteiger partial charge >= 0.3 is 0 Å². The van der Waals surface area contributed by atoms with Gasteiger partial charge in [0.05, 0.1) is 5.75 Å². The standard InChI is InChI=1S/C9H14N2OS/c1-3-4-13-6-8-10-7(2)5-9(12)11-8/h5H,3-4,6H2,1-2H3,(H,10,11,12). The summed E-state index contributed by atoms with van der Waals surface area (Å²) in [6.07, 6.45) is 1.15. The zero-order valence-electron chi connectivity index (χ0n) is 7.96. The van der Waals surface area contributed by atoms with Gasteiger partial charge in [0.15, 0.2) is 0 Å². The second-order valence-corrected chi connectivity index (χ2v) is 3.99. The third kappa shape index (κ3) is 3.63. The monoisotopic (exact) mass is 198 g/mol. The first-order valence-electron chi connectivity index (χ1n) is 4.37. The highest BCUT2D eigenvalue weighted by atomic mass is 32.2. The van der Waals surface area contributed by atoms with Crippen molar-refractivity contribution in [3.8, 4) is 0 Å². The van der Waals surface area contributed by atoms with Crippen molar-refractivity contribution in [1.82, 2.24) is 9.97 Å². The Bertz CT molecular complexity index is 322. The topological polar surface area (TPSA) is 45.8 Å². The van der Waals surface area contributed by atoms with Crippen LogP contribution in [0.2, 0.25) is 0 Å². The highest BCUT2D eigenvalue weighted by molar-refractivity contribution is 7.98. The number of aryl methyl sites for hydroxylation is 1. The molecule has 1 aromatic rings. The van der Waals surface area contributed by atoms with Crippen LogP contribution in [0.4, 0.5) is 0 Å².